The molecular formula is C23H49N3O. The van der Waals surface area contributed by atoms with Gasteiger partial charge in [0.15, 0.2) is 0 Å². The molecule has 162 valence electrons. The van der Waals surface area contributed by atoms with E-state index in [1.807, 2.05) is 0 Å². The number of nitrogens with one attached hydrogen (secondary N) is 1. The molecule has 0 spiro atoms. The molecular weight excluding hydrogens is 334 g/mol. The zero-order valence-corrected chi connectivity index (χ0v) is 19.2. The van der Waals surface area contributed by atoms with Gasteiger partial charge in [-0.05, 0) is 66.0 Å². The minimum atomic E-state index is 0.235. The molecule has 0 aromatic carbocycles. The third-order valence-electron chi connectivity index (χ3n) is 5.27. The van der Waals surface area contributed by atoms with Gasteiger partial charge in [0.05, 0.1) is 0 Å². The molecule has 0 radical (unpaired) electrons. The van der Waals surface area contributed by atoms with E-state index in [4.69, 9.17) is 0 Å². The van der Waals surface area contributed by atoms with Crippen molar-refractivity contribution in [3.05, 3.63) is 0 Å². The Kier molecular flexibility index (Phi) is 18.3. The molecule has 4 heteroatoms. The lowest BCUT2D eigenvalue weighted by Gasteiger charge is -2.17. The van der Waals surface area contributed by atoms with E-state index in [9.17, 15) is 4.79 Å². The van der Waals surface area contributed by atoms with Gasteiger partial charge in [0, 0.05) is 13.0 Å². The molecule has 27 heavy (non-hydrogen) atoms. The number of hydrogen-bond donors (Lipinski definition) is 1. The van der Waals surface area contributed by atoms with Crippen LogP contribution >= 0.6 is 0 Å². The number of carbonyl (C=O) groups excluding carboxylic acids is 1. The molecule has 0 bridgehead atoms. The second kappa shape index (κ2) is 18.7. The van der Waals surface area contributed by atoms with Crippen molar-refractivity contribution in [2.75, 3.05) is 47.3 Å². The van der Waals surface area contributed by atoms with E-state index in [0.29, 0.717) is 12.3 Å². The summed E-state index contributed by atoms with van der Waals surface area (Å²) in [6, 6.07) is 0. The first kappa shape index (κ1) is 26.4. The van der Waals surface area contributed by atoms with Crippen molar-refractivity contribution < 1.29 is 4.79 Å². The summed E-state index contributed by atoms with van der Waals surface area (Å²) in [4.78, 5) is 16.7. The van der Waals surface area contributed by atoms with Crippen molar-refractivity contribution in [2.45, 2.75) is 90.9 Å². The van der Waals surface area contributed by atoms with Crippen LogP contribution in [-0.2, 0) is 4.79 Å². The van der Waals surface area contributed by atoms with Gasteiger partial charge in [0.2, 0.25) is 5.91 Å². The molecule has 0 aliphatic heterocycles. The maximum absolute atomic E-state index is 12.1. The Balaban J connectivity index is 3.48. The summed E-state index contributed by atoms with van der Waals surface area (Å²) in [5.41, 5.74) is 0. The first-order valence-corrected chi connectivity index (χ1v) is 11.6. The van der Waals surface area contributed by atoms with Crippen LogP contribution in [0.3, 0.4) is 0 Å². The predicted molar refractivity (Wildman–Crippen MR) is 119 cm³/mol. The standard InChI is InChI=1S/C23H49N3O/c1-6-7-8-9-10-11-12-16-22(2)21-23(27)24-17-15-20-26(5)19-14-13-18-25(3)4/h22H,6-21H2,1-5H3,(H,24,27)/t22-/m1/s1. The first-order valence-electron chi connectivity index (χ1n) is 11.6. The van der Waals surface area contributed by atoms with Crippen LogP contribution in [0.4, 0.5) is 0 Å². The Hall–Kier alpha value is -0.610. The zero-order valence-electron chi connectivity index (χ0n) is 19.2. The topological polar surface area (TPSA) is 35.6 Å². The van der Waals surface area contributed by atoms with Crippen LogP contribution in [0.1, 0.15) is 90.9 Å². The van der Waals surface area contributed by atoms with Gasteiger partial charge in [0.25, 0.3) is 0 Å². The van der Waals surface area contributed by atoms with Gasteiger partial charge in [-0.25, -0.2) is 0 Å². The predicted octanol–water partition coefficient (Wildman–Crippen LogP) is 4.93. The highest BCUT2D eigenvalue weighted by atomic mass is 16.1. The van der Waals surface area contributed by atoms with E-state index in [2.05, 4.69) is 50.1 Å². The molecule has 0 saturated carbocycles. The van der Waals surface area contributed by atoms with Crippen LogP contribution in [0.25, 0.3) is 0 Å². The Morgan fingerprint density at radius 1 is 0.815 bits per heavy atom. The number of carbonyl (C=O) groups is 1. The highest BCUT2D eigenvalue weighted by Gasteiger charge is 2.08. The molecule has 0 aromatic rings. The minimum absolute atomic E-state index is 0.235. The second-order valence-corrected chi connectivity index (χ2v) is 8.74. The summed E-state index contributed by atoms with van der Waals surface area (Å²) in [5.74, 6) is 0.749. The Morgan fingerprint density at radius 3 is 2.07 bits per heavy atom. The van der Waals surface area contributed by atoms with Crippen LogP contribution in [0.15, 0.2) is 0 Å². The number of amides is 1. The largest absolute Gasteiger partial charge is 0.356 e. The number of nitrogens with zero attached hydrogens (tertiary/aromatic N) is 2. The van der Waals surface area contributed by atoms with Crippen molar-refractivity contribution in [3.8, 4) is 0 Å². The molecule has 1 atom stereocenters. The Morgan fingerprint density at radius 2 is 1.41 bits per heavy atom. The summed E-state index contributed by atoms with van der Waals surface area (Å²) in [6.45, 7) is 8.68. The van der Waals surface area contributed by atoms with Crippen molar-refractivity contribution in [2.24, 2.45) is 5.92 Å². The molecule has 0 aromatic heterocycles. The fourth-order valence-electron chi connectivity index (χ4n) is 3.44. The van der Waals surface area contributed by atoms with Gasteiger partial charge in [-0.15, -0.1) is 0 Å². The quantitative estimate of drug-likeness (QED) is 0.321. The maximum Gasteiger partial charge on any atom is 0.220 e. The van der Waals surface area contributed by atoms with Crippen molar-refractivity contribution in [1.82, 2.24) is 15.1 Å². The summed E-state index contributed by atoms with van der Waals surface area (Å²) in [6.07, 6.45) is 14.9. The molecule has 0 fully saturated rings. The van der Waals surface area contributed by atoms with E-state index < -0.39 is 0 Å². The zero-order chi connectivity index (χ0) is 20.3. The highest BCUT2D eigenvalue weighted by molar-refractivity contribution is 5.76. The van der Waals surface area contributed by atoms with Gasteiger partial charge >= 0.3 is 0 Å². The molecule has 0 rings (SSSR count). The summed E-state index contributed by atoms with van der Waals surface area (Å²) >= 11 is 0. The lowest BCUT2D eigenvalue weighted by molar-refractivity contribution is -0.121. The fraction of sp³-hybridized carbons (Fsp3) is 0.957. The highest BCUT2D eigenvalue weighted by Crippen LogP contribution is 2.15. The van der Waals surface area contributed by atoms with Crippen molar-refractivity contribution >= 4 is 5.91 Å². The van der Waals surface area contributed by atoms with E-state index in [-0.39, 0.29) is 5.91 Å². The van der Waals surface area contributed by atoms with Crippen LogP contribution in [-0.4, -0.2) is 63.0 Å². The maximum atomic E-state index is 12.1. The summed E-state index contributed by atoms with van der Waals surface area (Å²) in [7, 11) is 6.44. The molecule has 0 unspecified atom stereocenters. The Bertz CT molecular complexity index is 334. The number of unbranched alkanes of at least 4 members (excludes halogenated alkanes) is 7. The van der Waals surface area contributed by atoms with E-state index >= 15 is 0 Å². The van der Waals surface area contributed by atoms with Crippen LogP contribution in [0.5, 0.6) is 0 Å². The van der Waals surface area contributed by atoms with E-state index in [0.717, 1.165) is 26.1 Å². The average Bonchev–Trinajstić information content (AvgIpc) is 2.61. The SMILES string of the molecule is CCCCCCCCC[C@@H](C)CC(=O)NCCCN(C)CCCCN(C)C. The summed E-state index contributed by atoms with van der Waals surface area (Å²) < 4.78 is 0. The lowest BCUT2D eigenvalue weighted by atomic mass is 9.98. The molecule has 0 aliphatic rings. The van der Waals surface area contributed by atoms with Gasteiger partial charge in [-0.3, -0.25) is 4.79 Å². The average molecular weight is 384 g/mol. The third kappa shape index (κ3) is 19.9. The molecule has 0 heterocycles. The van der Waals surface area contributed by atoms with E-state index in [1.165, 1.54) is 70.8 Å². The van der Waals surface area contributed by atoms with Crippen molar-refractivity contribution in [1.29, 1.82) is 0 Å². The smallest absolute Gasteiger partial charge is 0.220 e. The monoisotopic (exact) mass is 383 g/mol. The van der Waals surface area contributed by atoms with Gasteiger partial charge in [-0.2, -0.15) is 0 Å². The van der Waals surface area contributed by atoms with Crippen LogP contribution in [0, 0.1) is 5.92 Å². The molecule has 1 amide bonds. The minimum Gasteiger partial charge on any atom is -0.356 e. The molecule has 4 nitrogen and oxygen atoms in total. The third-order valence-corrected chi connectivity index (χ3v) is 5.27. The Labute approximate surface area is 170 Å². The first-order chi connectivity index (χ1) is 13.0. The van der Waals surface area contributed by atoms with Gasteiger partial charge in [-0.1, -0.05) is 65.2 Å². The number of rotatable bonds is 19. The van der Waals surface area contributed by atoms with Gasteiger partial charge < -0.3 is 15.1 Å². The van der Waals surface area contributed by atoms with Crippen molar-refractivity contribution in [3.63, 3.8) is 0 Å². The van der Waals surface area contributed by atoms with Gasteiger partial charge in [0.1, 0.15) is 0 Å². The molecule has 0 saturated heterocycles. The summed E-state index contributed by atoms with van der Waals surface area (Å²) in [5, 5.41) is 3.10. The second-order valence-electron chi connectivity index (χ2n) is 8.74. The normalized spacial score (nSPS) is 12.7. The molecule has 0 aliphatic carbocycles. The fourth-order valence-corrected chi connectivity index (χ4v) is 3.44. The van der Waals surface area contributed by atoms with Crippen LogP contribution < -0.4 is 5.32 Å². The number of hydrogen-bond acceptors (Lipinski definition) is 3. The van der Waals surface area contributed by atoms with Crippen LogP contribution in [0.2, 0.25) is 0 Å². The van der Waals surface area contributed by atoms with E-state index in [1.54, 1.807) is 0 Å². The lowest BCUT2D eigenvalue weighted by Crippen LogP contribution is -2.29. The molecule has 1 N–H and O–H groups in total.